The van der Waals surface area contributed by atoms with Gasteiger partial charge >= 0.3 is 0 Å². The monoisotopic (exact) mass is 255 g/mol. The second-order valence-electron chi connectivity index (χ2n) is 4.68. The van der Waals surface area contributed by atoms with Gasteiger partial charge in [-0.2, -0.15) is 4.98 Å². The first kappa shape index (κ1) is 13.5. The maximum Gasteiger partial charge on any atom is 0.228 e. The van der Waals surface area contributed by atoms with Crippen molar-refractivity contribution in [2.75, 3.05) is 20.3 Å². The molecular formula is C12H21N3O3. The van der Waals surface area contributed by atoms with E-state index in [-0.39, 0.29) is 12.1 Å². The van der Waals surface area contributed by atoms with E-state index in [0.717, 1.165) is 0 Å². The predicted molar refractivity (Wildman–Crippen MR) is 64.9 cm³/mol. The second kappa shape index (κ2) is 6.26. The molecule has 1 aliphatic rings. The molecule has 1 saturated carbocycles. The minimum Gasteiger partial charge on any atom is -0.383 e. The molecule has 0 radical (unpaired) electrons. The maximum absolute atomic E-state index is 5.85. The van der Waals surface area contributed by atoms with Gasteiger partial charge in [-0.05, 0) is 25.7 Å². The number of hydrogen-bond acceptors (Lipinski definition) is 6. The van der Waals surface area contributed by atoms with Crippen molar-refractivity contribution in [1.29, 1.82) is 0 Å². The van der Waals surface area contributed by atoms with Crippen LogP contribution >= 0.6 is 0 Å². The van der Waals surface area contributed by atoms with Gasteiger partial charge in [0.15, 0.2) is 0 Å². The molecule has 1 fully saturated rings. The summed E-state index contributed by atoms with van der Waals surface area (Å²) in [5, 5.41) is 4.00. The summed E-state index contributed by atoms with van der Waals surface area (Å²) in [5.74, 6) is 1.75. The quantitative estimate of drug-likeness (QED) is 0.748. The SMILES string of the molecule is CCOC(c1noc(CC(N)COC)n1)C1CC1. The Bertz CT molecular complexity index is 365. The van der Waals surface area contributed by atoms with Crippen LogP contribution in [-0.4, -0.2) is 36.5 Å². The van der Waals surface area contributed by atoms with E-state index in [1.54, 1.807) is 7.11 Å². The Morgan fingerprint density at radius 1 is 1.50 bits per heavy atom. The van der Waals surface area contributed by atoms with Gasteiger partial charge in [-0.3, -0.25) is 0 Å². The molecule has 6 heteroatoms. The van der Waals surface area contributed by atoms with Crippen molar-refractivity contribution in [3.8, 4) is 0 Å². The van der Waals surface area contributed by atoms with Gasteiger partial charge in [0.05, 0.1) is 6.61 Å². The largest absolute Gasteiger partial charge is 0.383 e. The lowest BCUT2D eigenvalue weighted by Gasteiger charge is -2.11. The van der Waals surface area contributed by atoms with Gasteiger partial charge in [0.2, 0.25) is 11.7 Å². The third kappa shape index (κ3) is 3.51. The van der Waals surface area contributed by atoms with Crippen molar-refractivity contribution >= 4 is 0 Å². The molecule has 6 nitrogen and oxygen atoms in total. The lowest BCUT2D eigenvalue weighted by Crippen LogP contribution is -2.28. The highest BCUT2D eigenvalue weighted by molar-refractivity contribution is 4.99. The smallest absolute Gasteiger partial charge is 0.228 e. The van der Waals surface area contributed by atoms with Crippen LogP contribution in [0.1, 0.15) is 37.6 Å². The summed E-state index contributed by atoms with van der Waals surface area (Å²) in [5.41, 5.74) is 5.85. The zero-order valence-corrected chi connectivity index (χ0v) is 11.0. The molecule has 102 valence electrons. The molecule has 2 N–H and O–H groups in total. The first-order valence-electron chi connectivity index (χ1n) is 6.43. The van der Waals surface area contributed by atoms with Crippen LogP contribution < -0.4 is 5.73 Å². The molecule has 2 rings (SSSR count). The predicted octanol–water partition coefficient (Wildman–Crippen LogP) is 1.07. The molecule has 1 aromatic rings. The minimum atomic E-state index is -0.116. The fraction of sp³-hybridized carbons (Fsp3) is 0.833. The lowest BCUT2D eigenvalue weighted by molar-refractivity contribution is 0.0384. The molecule has 0 aromatic carbocycles. The molecule has 0 amide bonds. The van der Waals surface area contributed by atoms with E-state index in [9.17, 15) is 0 Å². The topological polar surface area (TPSA) is 83.4 Å². The van der Waals surface area contributed by atoms with E-state index in [1.165, 1.54) is 12.8 Å². The van der Waals surface area contributed by atoms with Crippen LogP contribution in [0.5, 0.6) is 0 Å². The Labute approximate surface area is 107 Å². The molecule has 2 unspecified atom stereocenters. The fourth-order valence-electron chi connectivity index (χ4n) is 1.96. The zero-order valence-electron chi connectivity index (χ0n) is 11.0. The molecule has 0 bridgehead atoms. The molecule has 18 heavy (non-hydrogen) atoms. The lowest BCUT2D eigenvalue weighted by atomic mass is 10.2. The molecular weight excluding hydrogens is 234 g/mol. The van der Waals surface area contributed by atoms with E-state index < -0.39 is 0 Å². The van der Waals surface area contributed by atoms with Crippen molar-refractivity contribution in [1.82, 2.24) is 10.1 Å². The highest BCUT2D eigenvalue weighted by atomic mass is 16.5. The Kier molecular flexibility index (Phi) is 4.68. The van der Waals surface area contributed by atoms with Gasteiger partial charge in [-0.1, -0.05) is 5.16 Å². The van der Waals surface area contributed by atoms with Gasteiger partial charge < -0.3 is 19.7 Å². The maximum atomic E-state index is 5.85. The summed E-state index contributed by atoms with van der Waals surface area (Å²) in [4.78, 5) is 4.37. The van der Waals surface area contributed by atoms with Gasteiger partial charge in [0, 0.05) is 26.2 Å². The molecule has 0 spiro atoms. The normalized spacial score (nSPS) is 18.8. The first-order valence-corrected chi connectivity index (χ1v) is 6.43. The molecule has 1 aromatic heterocycles. The number of rotatable bonds is 8. The number of methoxy groups -OCH3 is 1. The summed E-state index contributed by atoms with van der Waals surface area (Å²) in [6.45, 7) is 3.12. The standard InChI is InChI=1S/C12H21N3O3/c1-3-17-11(8-4-5-8)12-14-10(18-15-12)6-9(13)7-16-2/h8-9,11H,3-7,13H2,1-2H3. The first-order chi connectivity index (χ1) is 8.74. The van der Waals surface area contributed by atoms with Crippen molar-refractivity contribution < 1.29 is 14.0 Å². The van der Waals surface area contributed by atoms with Crippen LogP contribution in [0.3, 0.4) is 0 Å². The summed E-state index contributed by atoms with van der Waals surface area (Å²) < 4.78 is 15.9. The van der Waals surface area contributed by atoms with Gasteiger partial charge in [-0.15, -0.1) is 0 Å². The third-order valence-corrected chi connectivity index (χ3v) is 2.95. The highest BCUT2D eigenvalue weighted by Gasteiger charge is 2.36. The van der Waals surface area contributed by atoms with Crippen molar-refractivity contribution in [3.63, 3.8) is 0 Å². The molecule has 0 aliphatic heterocycles. The Morgan fingerprint density at radius 2 is 2.28 bits per heavy atom. The number of hydrogen-bond donors (Lipinski definition) is 1. The van der Waals surface area contributed by atoms with Crippen molar-refractivity contribution in [2.24, 2.45) is 11.7 Å². The fourth-order valence-corrected chi connectivity index (χ4v) is 1.96. The van der Waals surface area contributed by atoms with Gasteiger partial charge in [-0.25, -0.2) is 0 Å². The summed E-state index contributed by atoms with van der Waals surface area (Å²) in [7, 11) is 1.62. The van der Waals surface area contributed by atoms with Crippen LogP contribution in [0.2, 0.25) is 0 Å². The average molecular weight is 255 g/mol. The Balaban J connectivity index is 1.95. The van der Waals surface area contributed by atoms with Crippen molar-refractivity contribution in [3.05, 3.63) is 11.7 Å². The Morgan fingerprint density at radius 3 is 2.89 bits per heavy atom. The van der Waals surface area contributed by atoms with Crippen LogP contribution in [0.15, 0.2) is 4.52 Å². The zero-order chi connectivity index (χ0) is 13.0. The van der Waals surface area contributed by atoms with E-state index in [2.05, 4.69) is 10.1 Å². The van der Waals surface area contributed by atoms with E-state index in [1.807, 2.05) is 6.92 Å². The molecule has 0 saturated heterocycles. The highest BCUT2D eigenvalue weighted by Crippen LogP contribution is 2.42. The summed E-state index contributed by atoms with van der Waals surface area (Å²) in [6, 6.07) is -0.116. The second-order valence-corrected chi connectivity index (χ2v) is 4.68. The van der Waals surface area contributed by atoms with Gasteiger partial charge in [0.25, 0.3) is 0 Å². The number of nitrogens with zero attached hydrogens (tertiary/aromatic N) is 2. The number of ether oxygens (including phenoxy) is 2. The molecule has 1 aliphatic carbocycles. The molecule has 1 heterocycles. The molecule has 2 atom stereocenters. The summed E-state index contributed by atoms with van der Waals surface area (Å²) in [6.07, 6.45) is 2.87. The number of nitrogens with two attached hydrogens (primary N) is 1. The summed E-state index contributed by atoms with van der Waals surface area (Å²) >= 11 is 0. The minimum absolute atomic E-state index is 0.0221. The van der Waals surface area contributed by atoms with Crippen LogP contribution in [0, 0.1) is 5.92 Å². The van der Waals surface area contributed by atoms with Crippen LogP contribution in [-0.2, 0) is 15.9 Å². The number of aromatic nitrogens is 2. The Hall–Kier alpha value is -0.980. The van der Waals surface area contributed by atoms with E-state index in [4.69, 9.17) is 19.7 Å². The van der Waals surface area contributed by atoms with E-state index >= 15 is 0 Å². The van der Waals surface area contributed by atoms with Gasteiger partial charge in [0.1, 0.15) is 6.10 Å². The average Bonchev–Trinajstić information content (AvgIpc) is 3.07. The van der Waals surface area contributed by atoms with E-state index in [0.29, 0.717) is 37.3 Å². The third-order valence-electron chi connectivity index (χ3n) is 2.95. The van der Waals surface area contributed by atoms with Crippen molar-refractivity contribution in [2.45, 2.75) is 38.3 Å². The van der Waals surface area contributed by atoms with Crippen LogP contribution in [0.4, 0.5) is 0 Å². The van der Waals surface area contributed by atoms with Crippen LogP contribution in [0.25, 0.3) is 0 Å².